The van der Waals surface area contributed by atoms with E-state index in [-0.39, 0.29) is 25.9 Å². The molecule has 1 aliphatic heterocycles. The largest absolute Gasteiger partial charge is 0.479 e. The fourth-order valence-electron chi connectivity index (χ4n) is 9.09. The van der Waals surface area contributed by atoms with Gasteiger partial charge in [-0.1, -0.05) is 215 Å². The summed E-state index contributed by atoms with van der Waals surface area (Å²) < 4.78 is 28.5. The molecule has 0 spiro atoms. The number of aliphatic hydroxyl groups excluding tert-OH is 2. The molecule has 0 aliphatic carbocycles. The number of carbonyl (C=O) groups is 4. The summed E-state index contributed by atoms with van der Waals surface area (Å²) in [5.74, 6) is -3.19. The normalized spacial score (nSPS) is 18.4. The molecule has 0 saturated carbocycles. The molecule has 1 aliphatic rings. The minimum Gasteiger partial charge on any atom is -0.479 e. The zero-order valence-corrected chi connectivity index (χ0v) is 49.8. The Kier molecular flexibility index (Phi) is 50.3. The second-order valence-corrected chi connectivity index (χ2v) is 21.3. The number of carbonyl (C=O) groups excluding carboxylic acids is 3. The quantitative estimate of drug-likeness (QED) is 0.0228. The summed E-state index contributed by atoms with van der Waals surface area (Å²) in [6, 6.07) is 0. The van der Waals surface area contributed by atoms with Crippen LogP contribution in [0, 0.1) is 0 Å². The summed E-state index contributed by atoms with van der Waals surface area (Å²) in [5.41, 5.74) is 0. The minimum atomic E-state index is -1.92. The van der Waals surface area contributed by atoms with E-state index >= 15 is 0 Å². The van der Waals surface area contributed by atoms with Crippen LogP contribution < -0.4 is 0 Å². The van der Waals surface area contributed by atoms with E-state index in [1.807, 2.05) is 0 Å². The first-order valence-electron chi connectivity index (χ1n) is 31.6. The topological polar surface area (TPSA) is 175 Å². The summed E-state index contributed by atoms with van der Waals surface area (Å²) in [7, 11) is 0. The molecule has 0 aromatic carbocycles. The zero-order chi connectivity index (χ0) is 57.5. The van der Waals surface area contributed by atoms with Gasteiger partial charge in [-0.15, -0.1) is 0 Å². The van der Waals surface area contributed by atoms with E-state index in [2.05, 4.69) is 106 Å². The van der Waals surface area contributed by atoms with Gasteiger partial charge in [0.25, 0.3) is 0 Å². The van der Waals surface area contributed by atoms with Crippen LogP contribution in [0.3, 0.4) is 0 Å². The number of aliphatic carboxylic acids is 1. The van der Waals surface area contributed by atoms with Crippen LogP contribution >= 0.6 is 0 Å². The van der Waals surface area contributed by atoms with Crippen molar-refractivity contribution < 1.29 is 58.2 Å². The molecule has 6 atom stereocenters. The van der Waals surface area contributed by atoms with Gasteiger partial charge in [0.15, 0.2) is 24.6 Å². The predicted molar refractivity (Wildman–Crippen MR) is 321 cm³/mol. The fraction of sp³-hybridized carbons (Fsp3) is 0.731. The number of esters is 3. The van der Waals surface area contributed by atoms with Crippen LogP contribution in [0.1, 0.15) is 265 Å². The van der Waals surface area contributed by atoms with Crippen LogP contribution in [0.4, 0.5) is 0 Å². The molecule has 6 unspecified atom stereocenters. The molecule has 1 heterocycles. The molecule has 3 N–H and O–H groups in total. The maximum atomic E-state index is 13.2. The molecule has 12 nitrogen and oxygen atoms in total. The first-order chi connectivity index (χ1) is 38.6. The number of ether oxygens (including phenoxy) is 5. The van der Waals surface area contributed by atoms with Crippen LogP contribution in [0.2, 0.25) is 0 Å². The standard InChI is InChI=1S/C67H112O12/c1-4-7-10-13-16-19-22-25-28-30-33-35-38-41-44-47-50-53-59(68)75-56-58(77-60(69)54-51-48-45-42-39-37-34-31-29-26-23-20-17-14-11-8-5-2)57-76-67-65(63(72)62(71)64(79-67)66(73)74)78-61(70)55-52-49-46-43-40-36-32-27-24-21-18-15-12-9-6-3/h9,12,16,18-19,21,25-29,32,40,43,58,62-65,67,71-72H,4-8,10-11,13-15,17,20,22-24,30-31,33-39,41-42,44-57H2,1-3H3,(H,73,74)/b12-9-,19-16-,21-18-,28-25-,29-26-,32-27-,43-40-. The fourth-order valence-corrected chi connectivity index (χ4v) is 9.09. The van der Waals surface area contributed by atoms with Gasteiger partial charge in [-0.3, -0.25) is 14.4 Å². The van der Waals surface area contributed by atoms with Crippen LogP contribution in [-0.4, -0.2) is 89.2 Å². The van der Waals surface area contributed by atoms with Crippen molar-refractivity contribution in [1.82, 2.24) is 0 Å². The molecule has 1 saturated heterocycles. The van der Waals surface area contributed by atoms with Crippen LogP contribution in [-0.2, 0) is 42.9 Å². The summed E-state index contributed by atoms with van der Waals surface area (Å²) in [5, 5.41) is 31.5. The van der Waals surface area contributed by atoms with Crippen molar-refractivity contribution in [2.45, 2.75) is 302 Å². The number of hydrogen-bond donors (Lipinski definition) is 3. The van der Waals surface area contributed by atoms with Crippen molar-refractivity contribution >= 4 is 23.9 Å². The molecule has 452 valence electrons. The average molecular weight is 1110 g/mol. The third-order valence-corrected chi connectivity index (χ3v) is 13.9. The molecule has 0 radical (unpaired) electrons. The number of allylic oxidation sites excluding steroid dienone is 14. The van der Waals surface area contributed by atoms with Gasteiger partial charge in [0.05, 0.1) is 6.61 Å². The van der Waals surface area contributed by atoms with Gasteiger partial charge in [-0.25, -0.2) is 4.79 Å². The van der Waals surface area contributed by atoms with Crippen molar-refractivity contribution in [1.29, 1.82) is 0 Å². The van der Waals surface area contributed by atoms with E-state index < -0.39 is 67.3 Å². The van der Waals surface area contributed by atoms with Gasteiger partial charge in [0.1, 0.15) is 18.8 Å². The second-order valence-electron chi connectivity index (χ2n) is 21.3. The Morgan fingerprint density at radius 3 is 1.28 bits per heavy atom. The van der Waals surface area contributed by atoms with Crippen LogP contribution in [0.5, 0.6) is 0 Å². The summed E-state index contributed by atoms with van der Waals surface area (Å²) in [6.45, 7) is 5.84. The number of unbranched alkanes of at least 4 members (excludes halogenated alkanes) is 25. The summed E-state index contributed by atoms with van der Waals surface area (Å²) >= 11 is 0. The lowest BCUT2D eigenvalue weighted by Gasteiger charge is -2.40. The van der Waals surface area contributed by atoms with E-state index in [0.29, 0.717) is 25.7 Å². The highest BCUT2D eigenvalue weighted by Crippen LogP contribution is 2.26. The van der Waals surface area contributed by atoms with E-state index in [0.717, 1.165) is 103 Å². The third-order valence-electron chi connectivity index (χ3n) is 13.9. The molecule has 79 heavy (non-hydrogen) atoms. The molecule has 0 bridgehead atoms. The lowest BCUT2D eigenvalue weighted by atomic mass is 9.98. The maximum Gasteiger partial charge on any atom is 0.335 e. The number of carboxylic acids is 1. The Bertz CT molecular complexity index is 1700. The number of rotatable bonds is 53. The Balaban J connectivity index is 2.70. The molecular weight excluding hydrogens is 997 g/mol. The van der Waals surface area contributed by atoms with Crippen LogP contribution in [0.15, 0.2) is 85.1 Å². The molecular formula is C67H112O12. The van der Waals surface area contributed by atoms with Crippen molar-refractivity contribution in [3.8, 4) is 0 Å². The lowest BCUT2D eigenvalue weighted by Crippen LogP contribution is -2.61. The number of hydrogen-bond acceptors (Lipinski definition) is 11. The molecule has 1 fully saturated rings. The van der Waals surface area contributed by atoms with Gasteiger partial charge in [-0.05, 0) is 116 Å². The first kappa shape index (κ1) is 72.9. The molecule has 12 heteroatoms. The lowest BCUT2D eigenvalue weighted by molar-refractivity contribution is -0.301. The SMILES string of the molecule is CC/C=C\C/C=C\C/C=C\C/C=C\CCCCC(=O)OC1C(OCC(COC(=O)CCCCCCCCC/C=C\C/C=C\CCCCC)OC(=O)CCCCCCCCC/C=C\CCCCCCCC)OC(C(=O)O)C(O)C1O. The minimum absolute atomic E-state index is 0.00464. The van der Waals surface area contributed by atoms with Crippen molar-refractivity contribution in [2.24, 2.45) is 0 Å². The van der Waals surface area contributed by atoms with E-state index in [9.17, 15) is 34.5 Å². The Morgan fingerprint density at radius 1 is 0.430 bits per heavy atom. The zero-order valence-electron chi connectivity index (χ0n) is 49.8. The van der Waals surface area contributed by atoms with Gasteiger partial charge < -0.3 is 39.0 Å². The smallest absolute Gasteiger partial charge is 0.335 e. The van der Waals surface area contributed by atoms with Crippen molar-refractivity contribution in [2.75, 3.05) is 13.2 Å². The molecule has 0 amide bonds. The monoisotopic (exact) mass is 1110 g/mol. The van der Waals surface area contributed by atoms with E-state index in [1.165, 1.54) is 96.3 Å². The Morgan fingerprint density at radius 2 is 0.797 bits per heavy atom. The highest BCUT2D eigenvalue weighted by molar-refractivity contribution is 5.74. The van der Waals surface area contributed by atoms with Gasteiger partial charge in [0.2, 0.25) is 0 Å². The van der Waals surface area contributed by atoms with Crippen molar-refractivity contribution in [3.05, 3.63) is 85.1 Å². The summed E-state index contributed by atoms with van der Waals surface area (Å²) in [4.78, 5) is 51.3. The third kappa shape index (κ3) is 44.3. The number of carboxylic acid groups (broad SMARTS) is 1. The van der Waals surface area contributed by atoms with Gasteiger partial charge in [-0.2, -0.15) is 0 Å². The highest BCUT2D eigenvalue weighted by atomic mass is 16.7. The first-order valence-corrected chi connectivity index (χ1v) is 31.6. The Hall–Kier alpha value is -4.10. The highest BCUT2D eigenvalue weighted by Gasteiger charge is 2.50. The van der Waals surface area contributed by atoms with Crippen molar-refractivity contribution in [3.63, 3.8) is 0 Å². The van der Waals surface area contributed by atoms with E-state index in [1.54, 1.807) is 0 Å². The van der Waals surface area contributed by atoms with Gasteiger partial charge >= 0.3 is 23.9 Å². The van der Waals surface area contributed by atoms with Crippen LogP contribution in [0.25, 0.3) is 0 Å². The average Bonchev–Trinajstić information content (AvgIpc) is 3.43. The molecule has 1 rings (SSSR count). The molecule has 0 aromatic rings. The van der Waals surface area contributed by atoms with E-state index in [4.69, 9.17) is 23.7 Å². The Labute approximate surface area is 480 Å². The maximum absolute atomic E-state index is 13.2. The predicted octanol–water partition coefficient (Wildman–Crippen LogP) is 16.7. The second kappa shape index (κ2) is 54.5. The molecule has 0 aromatic heterocycles. The summed E-state index contributed by atoms with van der Waals surface area (Å²) in [6.07, 6.45) is 58.3. The van der Waals surface area contributed by atoms with Gasteiger partial charge in [0, 0.05) is 19.3 Å². The number of aliphatic hydroxyl groups is 2.